The van der Waals surface area contributed by atoms with Gasteiger partial charge in [-0.15, -0.1) is 0 Å². The number of aromatic nitrogens is 1. The van der Waals surface area contributed by atoms with Crippen molar-refractivity contribution in [3.63, 3.8) is 0 Å². The SMILES string of the molecule is Cc1ccc2cccc(O[Si](C)(C)C)c2n1. The van der Waals surface area contributed by atoms with E-state index in [2.05, 4.69) is 36.8 Å². The molecule has 1 aromatic carbocycles. The van der Waals surface area contributed by atoms with Crippen molar-refractivity contribution in [2.75, 3.05) is 0 Å². The minimum absolute atomic E-state index is 0.917. The molecule has 0 atom stereocenters. The number of fused-ring (bicyclic) bond motifs is 1. The summed E-state index contributed by atoms with van der Waals surface area (Å²) in [4.78, 5) is 4.56. The van der Waals surface area contributed by atoms with Crippen LogP contribution in [0, 0.1) is 6.92 Å². The second-order valence-electron chi connectivity index (χ2n) is 4.99. The lowest BCUT2D eigenvalue weighted by atomic mass is 10.2. The predicted molar refractivity (Wildman–Crippen MR) is 70.5 cm³/mol. The third-order valence-electron chi connectivity index (χ3n) is 2.24. The van der Waals surface area contributed by atoms with Crippen molar-refractivity contribution in [3.05, 3.63) is 36.0 Å². The molecule has 2 aromatic rings. The molecule has 0 aliphatic rings. The van der Waals surface area contributed by atoms with Gasteiger partial charge in [-0.2, -0.15) is 0 Å². The van der Waals surface area contributed by atoms with Crippen LogP contribution in [0.2, 0.25) is 19.6 Å². The molecular formula is C13H17NOSi. The number of hydrogen-bond donors (Lipinski definition) is 0. The minimum Gasteiger partial charge on any atom is -0.543 e. The van der Waals surface area contributed by atoms with E-state index < -0.39 is 8.32 Å². The van der Waals surface area contributed by atoms with Crippen LogP contribution in [-0.2, 0) is 0 Å². The zero-order chi connectivity index (χ0) is 11.8. The van der Waals surface area contributed by atoms with E-state index in [1.807, 2.05) is 25.1 Å². The summed E-state index contributed by atoms with van der Waals surface area (Å²) in [6.45, 7) is 8.55. The fourth-order valence-corrected chi connectivity index (χ4v) is 2.45. The lowest BCUT2D eigenvalue weighted by Crippen LogP contribution is -2.29. The Labute approximate surface area is 97.4 Å². The maximum atomic E-state index is 6.05. The third-order valence-corrected chi connectivity index (χ3v) is 3.07. The molecule has 84 valence electrons. The molecule has 0 N–H and O–H groups in total. The maximum Gasteiger partial charge on any atom is 0.242 e. The van der Waals surface area contributed by atoms with Crippen LogP contribution in [0.3, 0.4) is 0 Å². The summed E-state index contributed by atoms with van der Waals surface area (Å²) in [6, 6.07) is 10.2. The van der Waals surface area contributed by atoms with E-state index in [4.69, 9.17) is 4.43 Å². The van der Waals surface area contributed by atoms with Crippen molar-refractivity contribution >= 4 is 19.2 Å². The van der Waals surface area contributed by atoms with Gasteiger partial charge >= 0.3 is 0 Å². The Bertz CT molecular complexity index is 517. The molecule has 1 heterocycles. The average molecular weight is 231 g/mol. The molecule has 0 aliphatic carbocycles. The number of aryl methyl sites for hydroxylation is 1. The Kier molecular flexibility index (Phi) is 2.72. The smallest absolute Gasteiger partial charge is 0.242 e. The van der Waals surface area contributed by atoms with Gasteiger partial charge in [0.15, 0.2) is 0 Å². The molecule has 0 radical (unpaired) electrons. The topological polar surface area (TPSA) is 22.1 Å². The molecule has 0 saturated heterocycles. The van der Waals surface area contributed by atoms with E-state index in [9.17, 15) is 0 Å². The second-order valence-corrected chi connectivity index (χ2v) is 9.42. The molecule has 0 aliphatic heterocycles. The minimum atomic E-state index is -1.57. The lowest BCUT2D eigenvalue weighted by molar-refractivity contribution is 0.562. The van der Waals surface area contributed by atoms with Crippen LogP contribution in [0.25, 0.3) is 10.9 Å². The van der Waals surface area contributed by atoms with E-state index in [1.165, 1.54) is 0 Å². The van der Waals surface area contributed by atoms with Crippen molar-refractivity contribution < 1.29 is 4.43 Å². The number of rotatable bonds is 2. The summed E-state index contributed by atoms with van der Waals surface area (Å²) in [7, 11) is -1.57. The van der Waals surface area contributed by atoms with Gasteiger partial charge in [-0.1, -0.05) is 18.2 Å². The van der Waals surface area contributed by atoms with Gasteiger partial charge in [0.2, 0.25) is 8.32 Å². The molecule has 2 rings (SSSR count). The van der Waals surface area contributed by atoms with Gasteiger partial charge in [-0.05, 0) is 38.7 Å². The van der Waals surface area contributed by atoms with E-state index in [1.54, 1.807) is 0 Å². The number of benzene rings is 1. The van der Waals surface area contributed by atoms with Gasteiger partial charge in [0.05, 0.1) is 0 Å². The maximum absolute atomic E-state index is 6.05. The largest absolute Gasteiger partial charge is 0.543 e. The van der Waals surface area contributed by atoms with Crippen LogP contribution >= 0.6 is 0 Å². The number of hydrogen-bond acceptors (Lipinski definition) is 2. The fraction of sp³-hybridized carbons (Fsp3) is 0.308. The van der Waals surface area contributed by atoms with Gasteiger partial charge in [0, 0.05) is 11.1 Å². The first-order valence-corrected chi connectivity index (χ1v) is 8.92. The second kappa shape index (κ2) is 3.90. The summed E-state index contributed by atoms with van der Waals surface area (Å²) >= 11 is 0. The predicted octanol–water partition coefficient (Wildman–Crippen LogP) is 3.76. The zero-order valence-electron chi connectivity index (χ0n) is 10.2. The van der Waals surface area contributed by atoms with Crippen LogP contribution in [0.1, 0.15) is 5.69 Å². The highest BCUT2D eigenvalue weighted by Crippen LogP contribution is 2.26. The monoisotopic (exact) mass is 231 g/mol. The van der Waals surface area contributed by atoms with Crippen molar-refractivity contribution in [2.24, 2.45) is 0 Å². The van der Waals surface area contributed by atoms with Crippen LogP contribution < -0.4 is 4.43 Å². The Balaban J connectivity index is 2.56. The van der Waals surface area contributed by atoms with Crippen molar-refractivity contribution in [1.29, 1.82) is 0 Å². The van der Waals surface area contributed by atoms with Gasteiger partial charge in [-0.3, -0.25) is 0 Å². The molecule has 0 amide bonds. The first kappa shape index (κ1) is 11.1. The van der Waals surface area contributed by atoms with E-state index in [0.29, 0.717) is 0 Å². The van der Waals surface area contributed by atoms with E-state index >= 15 is 0 Å². The molecule has 3 heteroatoms. The molecule has 0 spiro atoms. The fourth-order valence-electron chi connectivity index (χ4n) is 1.63. The first-order chi connectivity index (χ1) is 7.46. The van der Waals surface area contributed by atoms with Crippen LogP contribution in [-0.4, -0.2) is 13.3 Å². The highest BCUT2D eigenvalue weighted by molar-refractivity contribution is 6.70. The number of nitrogens with zero attached hydrogens (tertiary/aromatic N) is 1. The van der Waals surface area contributed by atoms with Crippen molar-refractivity contribution in [3.8, 4) is 5.75 Å². The Morgan fingerprint density at radius 3 is 2.50 bits per heavy atom. The summed E-state index contributed by atoms with van der Waals surface area (Å²) < 4.78 is 6.05. The highest BCUT2D eigenvalue weighted by atomic mass is 28.4. The summed E-state index contributed by atoms with van der Waals surface area (Å²) in [5.74, 6) is 0.917. The molecule has 0 fully saturated rings. The van der Waals surface area contributed by atoms with Gasteiger partial charge in [0.1, 0.15) is 11.3 Å². The Hall–Kier alpha value is -1.35. The van der Waals surface area contributed by atoms with Gasteiger partial charge in [-0.25, -0.2) is 4.98 Å². The lowest BCUT2D eigenvalue weighted by Gasteiger charge is -2.20. The normalized spacial score (nSPS) is 11.8. The quantitative estimate of drug-likeness (QED) is 0.734. The highest BCUT2D eigenvalue weighted by Gasteiger charge is 2.17. The van der Waals surface area contributed by atoms with Crippen LogP contribution in [0.15, 0.2) is 30.3 Å². The van der Waals surface area contributed by atoms with Gasteiger partial charge in [0.25, 0.3) is 0 Å². The Morgan fingerprint density at radius 2 is 1.81 bits per heavy atom. The molecule has 0 unspecified atom stereocenters. The standard InChI is InChI=1S/C13H17NOSi/c1-10-8-9-11-6-5-7-12(13(11)14-10)15-16(2,3)4/h5-9H,1-4H3. The number of pyridine rings is 1. The van der Waals surface area contributed by atoms with Gasteiger partial charge < -0.3 is 4.43 Å². The average Bonchev–Trinajstić information content (AvgIpc) is 2.17. The number of para-hydroxylation sites is 1. The molecule has 0 bridgehead atoms. The third kappa shape index (κ3) is 2.42. The van der Waals surface area contributed by atoms with Crippen molar-refractivity contribution in [1.82, 2.24) is 4.98 Å². The molecule has 0 saturated carbocycles. The molecule has 1 aromatic heterocycles. The molecule has 16 heavy (non-hydrogen) atoms. The summed E-state index contributed by atoms with van der Waals surface area (Å²) in [5.41, 5.74) is 2.00. The zero-order valence-corrected chi connectivity index (χ0v) is 11.2. The summed E-state index contributed by atoms with van der Waals surface area (Å²) in [6.07, 6.45) is 0. The molecular weight excluding hydrogens is 214 g/mol. The molecule has 2 nitrogen and oxygen atoms in total. The summed E-state index contributed by atoms with van der Waals surface area (Å²) in [5, 5.41) is 1.14. The van der Waals surface area contributed by atoms with Crippen LogP contribution in [0.5, 0.6) is 5.75 Å². The first-order valence-electron chi connectivity index (χ1n) is 5.51. The van der Waals surface area contributed by atoms with E-state index in [0.717, 1.165) is 22.3 Å². The van der Waals surface area contributed by atoms with Crippen LogP contribution in [0.4, 0.5) is 0 Å². The van der Waals surface area contributed by atoms with Crippen molar-refractivity contribution in [2.45, 2.75) is 26.6 Å². The van der Waals surface area contributed by atoms with E-state index in [-0.39, 0.29) is 0 Å². The Morgan fingerprint density at radius 1 is 1.06 bits per heavy atom.